The molecular formula is C19H32ClN3O2. The van der Waals surface area contributed by atoms with Gasteiger partial charge in [-0.1, -0.05) is 18.6 Å². The van der Waals surface area contributed by atoms with Crippen LogP contribution >= 0.6 is 12.4 Å². The fraction of sp³-hybridized carbons (Fsp3) is 0.632. The maximum Gasteiger partial charge on any atom is 0.221 e. The summed E-state index contributed by atoms with van der Waals surface area (Å²) < 4.78 is 5.79. The van der Waals surface area contributed by atoms with Crippen molar-refractivity contribution >= 4 is 18.3 Å². The highest BCUT2D eigenvalue weighted by molar-refractivity contribution is 5.85. The molecule has 6 heteroatoms. The third kappa shape index (κ3) is 7.63. The van der Waals surface area contributed by atoms with E-state index in [0.29, 0.717) is 25.6 Å². The summed E-state index contributed by atoms with van der Waals surface area (Å²) in [6.07, 6.45) is 4.16. The predicted molar refractivity (Wildman–Crippen MR) is 104 cm³/mol. The van der Waals surface area contributed by atoms with Crippen LogP contribution in [0.2, 0.25) is 0 Å². The Morgan fingerprint density at radius 1 is 1.40 bits per heavy atom. The largest absolute Gasteiger partial charge is 0.491 e. The van der Waals surface area contributed by atoms with Gasteiger partial charge in [0.05, 0.1) is 6.10 Å². The van der Waals surface area contributed by atoms with E-state index in [1.807, 2.05) is 19.9 Å². The second kappa shape index (κ2) is 11.3. The van der Waals surface area contributed by atoms with Crippen molar-refractivity contribution in [1.29, 1.82) is 0 Å². The number of piperidine rings is 1. The molecule has 1 aromatic carbocycles. The first kappa shape index (κ1) is 21.7. The molecule has 2 rings (SSSR count). The SMILES string of the molecule is CC(C)Oc1cccc(CN2CCCCC2CNC(=O)CCN)c1.Cl. The topological polar surface area (TPSA) is 67.6 Å². The van der Waals surface area contributed by atoms with Gasteiger partial charge >= 0.3 is 0 Å². The Kier molecular flexibility index (Phi) is 9.86. The molecule has 5 nitrogen and oxygen atoms in total. The van der Waals surface area contributed by atoms with E-state index < -0.39 is 0 Å². The first-order chi connectivity index (χ1) is 11.6. The van der Waals surface area contributed by atoms with Gasteiger partial charge in [0.2, 0.25) is 5.91 Å². The van der Waals surface area contributed by atoms with Crippen molar-refractivity contribution in [2.45, 2.75) is 58.2 Å². The lowest BCUT2D eigenvalue weighted by Crippen LogP contribution is -2.46. The van der Waals surface area contributed by atoms with Gasteiger partial charge in [0.1, 0.15) is 5.75 Å². The molecule has 1 aliphatic heterocycles. The minimum Gasteiger partial charge on any atom is -0.491 e. The zero-order valence-corrected chi connectivity index (χ0v) is 16.2. The van der Waals surface area contributed by atoms with E-state index in [-0.39, 0.29) is 24.4 Å². The number of ether oxygens (including phenoxy) is 1. The van der Waals surface area contributed by atoms with Crippen LogP contribution in [-0.4, -0.2) is 42.6 Å². The van der Waals surface area contributed by atoms with Crippen LogP contribution in [0, 0.1) is 0 Å². The number of carbonyl (C=O) groups excluding carboxylic acids is 1. The van der Waals surface area contributed by atoms with Crippen LogP contribution in [0.4, 0.5) is 0 Å². The summed E-state index contributed by atoms with van der Waals surface area (Å²) in [4.78, 5) is 14.1. The molecule has 25 heavy (non-hydrogen) atoms. The summed E-state index contributed by atoms with van der Waals surface area (Å²) in [5.74, 6) is 0.975. The molecule has 0 aromatic heterocycles. The number of nitrogens with two attached hydrogens (primary N) is 1. The molecule has 0 spiro atoms. The van der Waals surface area contributed by atoms with E-state index in [1.54, 1.807) is 0 Å². The number of likely N-dealkylation sites (tertiary alicyclic amines) is 1. The van der Waals surface area contributed by atoms with Gasteiger partial charge in [-0.05, 0) is 50.9 Å². The van der Waals surface area contributed by atoms with Gasteiger partial charge in [-0.2, -0.15) is 0 Å². The molecule has 1 saturated heterocycles. The Balaban J connectivity index is 0.00000312. The Morgan fingerprint density at radius 2 is 2.20 bits per heavy atom. The highest BCUT2D eigenvalue weighted by atomic mass is 35.5. The zero-order chi connectivity index (χ0) is 17.4. The number of hydrogen-bond acceptors (Lipinski definition) is 4. The van der Waals surface area contributed by atoms with Crippen LogP contribution < -0.4 is 15.8 Å². The molecule has 1 aliphatic rings. The number of nitrogens with zero attached hydrogens (tertiary/aromatic N) is 1. The summed E-state index contributed by atoms with van der Waals surface area (Å²) in [6.45, 7) is 7.16. The van der Waals surface area contributed by atoms with E-state index in [0.717, 1.165) is 25.3 Å². The number of rotatable bonds is 8. The maximum atomic E-state index is 11.7. The molecule has 1 amide bonds. The average molecular weight is 370 g/mol. The van der Waals surface area contributed by atoms with Crippen molar-refractivity contribution < 1.29 is 9.53 Å². The van der Waals surface area contributed by atoms with Gasteiger partial charge in [-0.15, -0.1) is 12.4 Å². The number of benzene rings is 1. The van der Waals surface area contributed by atoms with E-state index in [1.165, 1.54) is 18.4 Å². The van der Waals surface area contributed by atoms with Gasteiger partial charge < -0.3 is 15.8 Å². The smallest absolute Gasteiger partial charge is 0.221 e. The van der Waals surface area contributed by atoms with Crippen LogP contribution in [-0.2, 0) is 11.3 Å². The first-order valence-corrected chi connectivity index (χ1v) is 9.05. The van der Waals surface area contributed by atoms with Crippen LogP contribution in [0.15, 0.2) is 24.3 Å². The molecule has 0 saturated carbocycles. The average Bonchev–Trinajstić information content (AvgIpc) is 2.54. The van der Waals surface area contributed by atoms with Crippen molar-refractivity contribution in [1.82, 2.24) is 10.2 Å². The van der Waals surface area contributed by atoms with Crippen molar-refractivity contribution in [2.24, 2.45) is 5.73 Å². The third-order valence-corrected chi connectivity index (χ3v) is 4.31. The second-order valence-electron chi connectivity index (χ2n) is 6.78. The molecule has 1 unspecified atom stereocenters. The van der Waals surface area contributed by atoms with Crippen molar-refractivity contribution in [2.75, 3.05) is 19.6 Å². The van der Waals surface area contributed by atoms with Gasteiger partial charge in [0.15, 0.2) is 0 Å². The van der Waals surface area contributed by atoms with E-state index in [2.05, 4.69) is 28.4 Å². The van der Waals surface area contributed by atoms with Crippen LogP contribution in [0.3, 0.4) is 0 Å². The number of amides is 1. The minimum absolute atomic E-state index is 0. The second-order valence-corrected chi connectivity index (χ2v) is 6.78. The standard InChI is InChI=1S/C19H31N3O2.ClH/c1-15(2)24-18-8-5-6-16(12-18)14-22-11-4-3-7-17(22)13-21-19(23)9-10-20;/h5-6,8,12,15,17H,3-4,7,9-11,13-14,20H2,1-2H3,(H,21,23);1H. The number of nitrogens with one attached hydrogen (secondary N) is 1. The predicted octanol–water partition coefficient (Wildman–Crippen LogP) is 2.72. The Morgan fingerprint density at radius 3 is 2.92 bits per heavy atom. The lowest BCUT2D eigenvalue weighted by atomic mass is 10.0. The van der Waals surface area contributed by atoms with Gasteiger partial charge in [0.25, 0.3) is 0 Å². The zero-order valence-electron chi connectivity index (χ0n) is 15.4. The molecule has 1 fully saturated rings. The molecule has 1 aromatic rings. The third-order valence-electron chi connectivity index (χ3n) is 4.31. The van der Waals surface area contributed by atoms with Gasteiger partial charge in [-0.3, -0.25) is 9.69 Å². The molecule has 3 N–H and O–H groups in total. The highest BCUT2D eigenvalue weighted by Crippen LogP contribution is 2.21. The molecule has 142 valence electrons. The van der Waals surface area contributed by atoms with E-state index >= 15 is 0 Å². The quantitative estimate of drug-likeness (QED) is 0.739. The fourth-order valence-corrected chi connectivity index (χ4v) is 3.17. The summed E-state index contributed by atoms with van der Waals surface area (Å²) in [7, 11) is 0. The monoisotopic (exact) mass is 369 g/mol. The molecule has 0 bridgehead atoms. The maximum absolute atomic E-state index is 11.7. The molecule has 0 aliphatic carbocycles. The van der Waals surface area contributed by atoms with Crippen molar-refractivity contribution in [3.63, 3.8) is 0 Å². The Labute approximate surface area is 157 Å². The van der Waals surface area contributed by atoms with Gasteiger partial charge in [-0.25, -0.2) is 0 Å². The van der Waals surface area contributed by atoms with Crippen LogP contribution in [0.25, 0.3) is 0 Å². The molecule has 1 atom stereocenters. The first-order valence-electron chi connectivity index (χ1n) is 9.05. The summed E-state index contributed by atoms with van der Waals surface area (Å²) >= 11 is 0. The molecule has 0 radical (unpaired) electrons. The highest BCUT2D eigenvalue weighted by Gasteiger charge is 2.23. The molecular weight excluding hydrogens is 338 g/mol. The van der Waals surface area contributed by atoms with Gasteiger partial charge in [0, 0.05) is 32.1 Å². The Bertz CT molecular complexity index is 525. The molecule has 1 heterocycles. The Hall–Kier alpha value is -1.30. The van der Waals surface area contributed by atoms with Crippen LogP contribution in [0.1, 0.15) is 45.1 Å². The van der Waals surface area contributed by atoms with Crippen LogP contribution in [0.5, 0.6) is 5.75 Å². The minimum atomic E-state index is 0. The van der Waals surface area contributed by atoms with E-state index in [9.17, 15) is 4.79 Å². The number of carbonyl (C=O) groups is 1. The van der Waals surface area contributed by atoms with Crippen molar-refractivity contribution in [3.8, 4) is 5.75 Å². The summed E-state index contributed by atoms with van der Waals surface area (Å²) in [6, 6.07) is 8.72. The normalized spacial score (nSPS) is 17.8. The lowest BCUT2D eigenvalue weighted by molar-refractivity contribution is -0.121. The van der Waals surface area contributed by atoms with Crippen molar-refractivity contribution in [3.05, 3.63) is 29.8 Å². The summed E-state index contributed by atoms with van der Waals surface area (Å²) in [5.41, 5.74) is 6.69. The van der Waals surface area contributed by atoms with E-state index in [4.69, 9.17) is 10.5 Å². The summed E-state index contributed by atoms with van der Waals surface area (Å²) in [5, 5.41) is 3.02. The number of halogens is 1. The number of hydrogen-bond donors (Lipinski definition) is 2. The lowest BCUT2D eigenvalue weighted by Gasteiger charge is -2.36. The fourth-order valence-electron chi connectivity index (χ4n) is 3.17.